The minimum absolute atomic E-state index is 0. The van der Waals surface area contributed by atoms with Crippen molar-refractivity contribution in [2.24, 2.45) is 16.8 Å². The molecule has 0 spiro atoms. The van der Waals surface area contributed by atoms with E-state index in [0.29, 0.717) is 17.9 Å². The second kappa shape index (κ2) is 10.9. The van der Waals surface area contributed by atoms with Crippen LogP contribution in [-0.4, -0.2) is 38.2 Å². The van der Waals surface area contributed by atoms with E-state index in [-0.39, 0.29) is 24.0 Å². The topological polar surface area (TPSA) is 39.7 Å². The van der Waals surface area contributed by atoms with E-state index in [9.17, 15) is 8.78 Å². The molecule has 1 aromatic rings. The van der Waals surface area contributed by atoms with E-state index in [2.05, 4.69) is 43.2 Å². The fraction of sp³-hybridized carbons (Fsp3) is 0.632. The molecule has 2 unspecified atom stereocenters. The Kier molecular flexibility index (Phi) is 9.60. The zero-order valence-corrected chi connectivity index (χ0v) is 18.4. The van der Waals surface area contributed by atoms with Crippen molar-refractivity contribution in [2.45, 2.75) is 40.2 Å². The number of anilines is 1. The van der Waals surface area contributed by atoms with Crippen molar-refractivity contribution >= 4 is 35.6 Å². The van der Waals surface area contributed by atoms with E-state index in [1.54, 1.807) is 6.07 Å². The number of nitrogens with zero attached hydrogens (tertiary/aromatic N) is 2. The molecule has 0 aromatic heterocycles. The predicted molar refractivity (Wildman–Crippen MR) is 116 cm³/mol. The maximum atomic E-state index is 13.4. The number of hydrogen-bond acceptors (Lipinski definition) is 2. The molecule has 0 radical (unpaired) electrons. The van der Waals surface area contributed by atoms with Gasteiger partial charge in [-0.05, 0) is 44.2 Å². The van der Waals surface area contributed by atoms with Crippen molar-refractivity contribution in [3.8, 4) is 0 Å². The monoisotopic (exact) mass is 480 g/mol. The highest BCUT2D eigenvalue weighted by Crippen LogP contribution is 2.25. The Bertz CT molecular complexity index is 595. The van der Waals surface area contributed by atoms with E-state index >= 15 is 0 Å². The van der Waals surface area contributed by atoms with Gasteiger partial charge < -0.3 is 15.5 Å². The number of guanidine groups is 1. The molecule has 1 aliphatic heterocycles. The van der Waals surface area contributed by atoms with Crippen LogP contribution in [0, 0.1) is 23.5 Å². The number of rotatable bonds is 6. The molecule has 1 fully saturated rings. The van der Waals surface area contributed by atoms with E-state index in [1.165, 1.54) is 12.1 Å². The van der Waals surface area contributed by atoms with Gasteiger partial charge >= 0.3 is 0 Å². The molecular formula is C19H31F2IN4. The minimum atomic E-state index is -0.801. The second-order valence-corrected chi connectivity index (χ2v) is 7.10. The predicted octanol–water partition coefficient (Wildman–Crippen LogP) is 4.01. The first-order valence-electron chi connectivity index (χ1n) is 9.15. The van der Waals surface area contributed by atoms with Gasteiger partial charge in [0.25, 0.3) is 0 Å². The first kappa shape index (κ1) is 22.9. The van der Waals surface area contributed by atoms with Crippen LogP contribution in [0.5, 0.6) is 0 Å². The van der Waals surface area contributed by atoms with Crippen LogP contribution in [0.4, 0.5) is 14.5 Å². The van der Waals surface area contributed by atoms with Gasteiger partial charge in [-0.3, -0.25) is 4.99 Å². The molecule has 26 heavy (non-hydrogen) atoms. The van der Waals surface area contributed by atoms with Crippen molar-refractivity contribution in [2.75, 3.05) is 31.1 Å². The SMILES string of the molecule is CCNC(=NCC1CCN(c2ccc(F)c(F)c2)C1)NC(C)C(C)C.I. The van der Waals surface area contributed by atoms with Gasteiger partial charge in [0.2, 0.25) is 0 Å². The number of hydrogen-bond donors (Lipinski definition) is 2. The standard InChI is InChI=1S/C19H30F2N4.HI/c1-5-22-19(24-14(4)13(2)3)23-11-15-8-9-25(12-15)16-6-7-17(20)18(21)10-16;/h6-7,10,13-15H,5,8-9,11-12H2,1-4H3,(H2,22,23,24);1H. The Morgan fingerprint density at radius 3 is 2.62 bits per heavy atom. The molecule has 0 bridgehead atoms. The first-order chi connectivity index (χ1) is 11.9. The Balaban J connectivity index is 0.00000338. The molecule has 1 aromatic carbocycles. The average Bonchev–Trinajstić information content (AvgIpc) is 3.04. The molecule has 148 valence electrons. The molecule has 7 heteroatoms. The minimum Gasteiger partial charge on any atom is -0.371 e. The van der Waals surface area contributed by atoms with Crippen molar-refractivity contribution < 1.29 is 8.78 Å². The summed E-state index contributed by atoms with van der Waals surface area (Å²) in [7, 11) is 0. The largest absolute Gasteiger partial charge is 0.371 e. The lowest BCUT2D eigenvalue weighted by atomic mass is 10.1. The highest BCUT2D eigenvalue weighted by molar-refractivity contribution is 14.0. The van der Waals surface area contributed by atoms with Crippen LogP contribution >= 0.6 is 24.0 Å². The lowest BCUT2D eigenvalue weighted by Gasteiger charge is -2.21. The number of benzene rings is 1. The summed E-state index contributed by atoms with van der Waals surface area (Å²) in [6.45, 7) is 11.8. The van der Waals surface area contributed by atoms with Gasteiger partial charge in [-0.25, -0.2) is 8.78 Å². The number of aliphatic imine (C=N–C) groups is 1. The van der Waals surface area contributed by atoms with Gasteiger partial charge in [0.05, 0.1) is 0 Å². The molecule has 1 saturated heterocycles. The van der Waals surface area contributed by atoms with Crippen LogP contribution in [0.15, 0.2) is 23.2 Å². The third-order valence-electron chi connectivity index (χ3n) is 4.77. The molecule has 1 heterocycles. The lowest BCUT2D eigenvalue weighted by molar-refractivity contribution is 0.479. The third kappa shape index (κ3) is 6.55. The average molecular weight is 480 g/mol. The van der Waals surface area contributed by atoms with Crippen molar-refractivity contribution in [3.63, 3.8) is 0 Å². The summed E-state index contributed by atoms with van der Waals surface area (Å²) in [6, 6.07) is 4.45. The van der Waals surface area contributed by atoms with E-state index in [1.807, 2.05) is 0 Å². The maximum absolute atomic E-state index is 13.4. The molecule has 1 aliphatic rings. The maximum Gasteiger partial charge on any atom is 0.191 e. The summed E-state index contributed by atoms with van der Waals surface area (Å²) in [5.74, 6) is 0.192. The van der Waals surface area contributed by atoms with E-state index < -0.39 is 11.6 Å². The molecular weight excluding hydrogens is 449 g/mol. The summed E-state index contributed by atoms with van der Waals surface area (Å²) in [6.07, 6.45) is 1.00. The van der Waals surface area contributed by atoms with Crippen molar-refractivity contribution in [3.05, 3.63) is 29.8 Å². The van der Waals surface area contributed by atoms with Gasteiger partial charge in [-0.2, -0.15) is 0 Å². The van der Waals surface area contributed by atoms with Gasteiger partial charge in [0.1, 0.15) is 0 Å². The Labute approximate surface area is 172 Å². The molecule has 2 rings (SSSR count). The third-order valence-corrected chi connectivity index (χ3v) is 4.77. The number of halogens is 3. The van der Waals surface area contributed by atoms with E-state index in [4.69, 9.17) is 4.99 Å². The molecule has 2 N–H and O–H groups in total. The Hall–Kier alpha value is -1.12. The number of nitrogens with one attached hydrogen (secondary N) is 2. The van der Waals surface area contributed by atoms with Crippen LogP contribution in [0.2, 0.25) is 0 Å². The van der Waals surface area contributed by atoms with Crippen LogP contribution in [0.25, 0.3) is 0 Å². The summed E-state index contributed by atoms with van der Waals surface area (Å²) in [5.41, 5.74) is 0.740. The highest BCUT2D eigenvalue weighted by Gasteiger charge is 2.23. The zero-order valence-electron chi connectivity index (χ0n) is 16.1. The van der Waals surface area contributed by atoms with Crippen LogP contribution in [0.1, 0.15) is 34.1 Å². The molecule has 2 atom stereocenters. The zero-order chi connectivity index (χ0) is 18.4. The van der Waals surface area contributed by atoms with Crippen LogP contribution < -0.4 is 15.5 Å². The van der Waals surface area contributed by atoms with Crippen molar-refractivity contribution in [1.82, 2.24) is 10.6 Å². The summed E-state index contributed by atoms with van der Waals surface area (Å²) in [4.78, 5) is 6.81. The fourth-order valence-corrected chi connectivity index (χ4v) is 2.82. The van der Waals surface area contributed by atoms with Gasteiger partial charge in [-0.15, -0.1) is 24.0 Å². The highest BCUT2D eigenvalue weighted by atomic mass is 127. The normalized spacial score (nSPS) is 18.7. The quantitative estimate of drug-likeness (QED) is 0.367. The molecule has 0 aliphatic carbocycles. The van der Waals surface area contributed by atoms with Gasteiger partial charge in [0.15, 0.2) is 17.6 Å². The Morgan fingerprint density at radius 1 is 1.27 bits per heavy atom. The first-order valence-corrected chi connectivity index (χ1v) is 9.15. The molecule has 4 nitrogen and oxygen atoms in total. The summed E-state index contributed by atoms with van der Waals surface area (Å²) >= 11 is 0. The van der Waals surface area contributed by atoms with Gasteiger partial charge in [-0.1, -0.05) is 13.8 Å². The molecule has 0 amide bonds. The van der Waals surface area contributed by atoms with Crippen LogP contribution in [-0.2, 0) is 0 Å². The Morgan fingerprint density at radius 2 is 2.00 bits per heavy atom. The summed E-state index contributed by atoms with van der Waals surface area (Å²) in [5, 5.41) is 6.71. The second-order valence-electron chi connectivity index (χ2n) is 7.10. The summed E-state index contributed by atoms with van der Waals surface area (Å²) < 4.78 is 26.5. The fourth-order valence-electron chi connectivity index (χ4n) is 2.82. The van der Waals surface area contributed by atoms with Gasteiger partial charge in [0, 0.05) is 44.0 Å². The van der Waals surface area contributed by atoms with Crippen molar-refractivity contribution in [1.29, 1.82) is 0 Å². The molecule has 0 saturated carbocycles. The van der Waals surface area contributed by atoms with E-state index in [0.717, 1.165) is 44.2 Å². The van der Waals surface area contributed by atoms with Crippen LogP contribution in [0.3, 0.4) is 0 Å². The smallest absolute Gasteiger partial charge is 0.191 e. The lowest BCUT2D eigenvalue weighted by Crippen LogP contribution is -2.44.